The van der Waals surface area contributed by atoms with E-state index in [0.29, 0.717) is 12.3 Å². The molecule has 0 bridgehead atoms. The fourth-order valence-electron chi connectivity index (χ4n) is 1.61. The van der Waals surface area contributed by atoms with Crippen molar-refractivity contribution in [2.24, 2.45) is 5.73 Å². The zero-order valence-electron chi connectivity index (χ0n) is 9.40. The molecule has 16 heavy (non-hydrogen) atoms. The number of aromatic nitrogens is 1. The van der Waals surface area contributed by atoms with Crippen molar-refractivity contribution < 1.29 is 4.79 Å². The highest BCUT2D eigenvalue weighted by molar-refractivity contribution is 7.09. The van der Waals surface area contributed by atoms with Crippen LogP contribution >= 0.6 is 11.3 Å². The molecular formula is C11H17N3OS. The van der Waals surface area contributed by atoms with Gasteiger partial charge in [-0.3, -0.25) is 4.79 Å². The predicted molar refractivity (Wildman–Crippen MR) is 64.2 cm³/mol. The van der Waals surface area contributed by atoms with E-state index < -0.39 is 0 Å². The summed E-state index contributed by atoms with van der Waals surface area (Å²) in [5.41, 5.74) is 6.36. The third-order valence-electron chi connectivity index (χ3n) is 2.67. The minimum Gasteiger partial charge on any atom is -0.370 e. The van der Waals surface area contributed by atoms with Gasteiger partial charge >= 0.3 is 0 Å². The average molecular weight is 239 g/mol. The summed E-state index contributed by atoms with van der Waals surface area (Å²) in [6.07, 6.45) is 2.95. The van der Waals surface area contributed by atoms with Gasteiger partial charge in [0.25, 0.3) is 0 Å². The van der Waals surface area contributed by atoms with Crippen LogP contribution in [0, 0.1) is 0 Å². The first-order chi connectivity index (χ1) is 7.65. The van der Waals surface area contributed by atoms with Crippen molar-refractivity contribution in [2.45, 2.75) is 44.7 Å². The van der Waals surface area contributed by atoms with Crippen LogP contribution in [0.4, 0.5) is 0 Å². The Kier molecular flexibility index (Phi) is 3.56. The van der Waals surface area contributed by atoms with Gasteiger partial charge in [0.05, 0.1) is 5.69 Å². The Balaban J connectivity index is 1.77. The van der Waals surface area contributed by atoms with Crippen LogP contribution in [-0.2, 0) is 11.3 Å². The van der Waals surface area contributed by atoms with E-state index in [4.69, 9.17) is 5.73 Å². The van der Waals surface area contributed by atoms with Crippen LogP contribution in [0.3, 0.4) is 0 Å². The molecule has 0 aromatic carbocycles. The summed E-state index contributed by atoms with van der Waals surface area (Å²) in [7, 11) is 0. The van der Waals surface area contributed by atoms with Crippen LogP contribution in [0.5, 0.6) is 0 Å². The fraction of sp³-hybridized carbons (Fsp3) is 0.636. The van der Waals surface area contributed by atoms with E-state index in [-0.39, 0.29) is 11.9 Å². The number of carbonyl (C=O) groups excluding carboxylic acids is 1. The lowest BCUT2D eigenvalue weighted by molar-refractivity contribution is -0.118. The van der Waals surface area contributed by atoms with Crippen molar-refractivity contribution in [1.82, 2.24) is 10.3 Å². The van der Waals surface area contributed by atoms with E-state index in [2.05, 4.69) is 15.7 Å². The van der Waals surface area contributed by atoms with Crippen LogP contribution in [0.2, 0.25) is 0 Å². The predicted octanol–water partition coefficient (Wildman–Crippen LogP) is 1.37. The lowest BCUT2D eigenvalue weighted by Crippen LogP contribution is -2.30. The maximum atomic E-state index is 10.7. The molecule has 0 spiro atoms. The molecule has 0 radical (unpaired) electrons. The Morgan fingerprint density at radius 2 is 2.50 bits per heavy atom. The Labute approximate surface area is 99.3 Å². The first-order valence-corrected chi connectivity index (χ1v) is 6.49. The highest BCUT2D eigenvalue weighted by atomic mass is 32.1. The Morgan fingerprint density at radius 3 is 3.12 bits per heavy atom. The molecule has 5 heteroatoms. The molecule has 0 saturated heterocycles. The number of nitrogens with two attached hydrogens (primary N) is 1. The van der Waals surface area contributed by atoms with Crippen LogP contribution in [0.1, 0.15) is 42.8 Å². The highest BCUT2D eigenvalue weighted by Gasteiger charge is 2.25. The number of rotatable bonds is 6. The normalized spacial score (nSPS) is 17.3. The second-order valence-electron chi connectivity index (χ2n) is 4.39. The van der Waals surface area contributed by atoms with E-state index in [1.807, 2.05) is 6.92 Å². The molecule has 1 amide bonds. The fourth-order valence-corrected chi connectivity index (χ4v) is 2.44. The number of nitrogens with one attached hydrogen (secondary N) is 1. The van der Waals surface area contributed by atoms with E-state index in [0.717, 1.165) is 11.6 Å². The van der Waals surface area contributed by atoms with E-state index >= 15 is 0 Å². The van der Waals surface area contributed by atoms with Crippen LogP contribution in [0.15, 0.2) is 5.38 Å². The number of thiazole rings is 1. The third kappa shape index (κ3) is 3.28. The van der Waals surface area contributed by atoms with Crippen LogP contribution in [-0.4, -0.2) is 16.9 Å². The lowest BCUT2D eigenvalue weighted by Gasteiger charge is -2.09. The number of nitrogens with zero attached hydrogens (tertiary/aromatic N) is 1. The zero-order chi connectivity index (χ0) is 11.5. The molecule has 1 aliphatic carbocycles. The summed E-state index contributed by atoms with van der Waals surface area (Å²) < 4.78 is 0. The molecule has 1 aliphatic rings. The maximum absolute atomic E-state index is 10.7. The summed E-state index contributed by atoms with van der Waals surface area (Å²) >= 11 is 1.69. The quantitative estimate of drug-likeness (QED) is 0.788. The minimum absolute atomic E-state index is 0.116. The van der Waals surface area contributed by atoms with Gasteiger partial charge in [-0.2, -0.15) is 0 Å². The van der Waals surface area contributed by atoms with Crippen molar-refractivity contribution in [3.8, 4) is 0 Å². The number of carbonyl (C=O) groups is 1. The zero-order valence-corrected chi connectivity index (χ0v) is 10.2. The molecule has 4 nitrogen and oxygen atoms in total. The van der Waals surface area contributed by atoms with Crippen molar-refractivity contribution >= 4 is 17.2 Å². The van der Waals surface area contributed by atoms with Crippen molar-refractivity contribution in [1.29, 1.82) is 0 Å². The highest BCUT2D eigenvalue weighted by Crippen LogP contribution is 2.40. The van der Waals surface area contributed by atoms with Crippen molar-refractivity contribution in [3.05, 3.63) is 16.1 Å². The molecule has 0 aliphatic heterocycles. The largest absolute Gasteiger partial charge is 0.370 e. The average Bonchev–Trinajstić information content (AvgIpc) is 2.94. The molecule has 1 heterocycles. The van der Waals surface area contributed by atoms with Crippen LogP contribution in [0.25, 0.3) is 0 Å². The molecular weight excluding hydrogens is 222 g/mol. The van der Waals surface area contributed by atoms with Gasteiger partial charge in [-0.15, -0.1) is 11.3 Å². The summed E-state index contributed by atoms with van der Waals surface area (Å²) in [6, 6.07) is 0.116. The molecule has 88 valence electrons. The van der Waals surface area contributed by atoms with Gasteiger partial charge in [-0.25, -0.2) is 4.98 Å². The maximum Gasteiger partial charge on any atom is 0.218 e. The molecule has 1 saturated carbocycles. The summed E-state index contributed by atoms with van der Waals surface area (Å²) in [5, 5.41) is 6.49. The van der Waals surface area contributed by atoms with Gasteiger partial charge in [0.15, 0.2) is 0 Å². The molecule has 2 rings (SSSR count). The standard InChI is InChI=1S/C11H17N3OS/c1-7(4-10(12)15)13-5-11-14-9(6-16-11)8-2-3-8/h6-8,13H,2-5H2,1H3,(H2,12,15). The topological polar surface area (TPSA) is 68.0 Å². The summed E-state index contributed by atoms with van der Waals surface area (Å²) in [5.74, 6) is 0.450. The smallest absolute Gasteiger partial charge is 0.218 e. The molecule has 1 atom stereocenters. The van der Waals surface area contributed by atoms with Crippen LogP contribution < -0.4 is 11.1 Å². The first kappa shape index (κ1) is 11.5. The molecule has 1 fully saturated rings. The molecule has 1 aromatic heterocycles. The van der Waals surface area contributed by atoms with E-state index in [1.165, 1.54) is 18.5 Å². The first-order valence-electron chi connectivity index (χ1n) is 5.61. The lowest BCUT2D eigenvalue weighted by atomic mass is 10.2. The van der Waals surface area contributed by atoms with Crippen molar-refractivity contribution in [2.75, 3.05) is 0 Å². The Hall–Kier alpha value is -0.940. The van der Waals surface area contributed by atoms with Gasteiger partial charge in [0.2, 0.25) is 5.91 Å². The SMILES string of the molecule is CC(CC(N)=O)NCc1nc(C2CC2)cs1. The molecule has 1 aromatic rings. The number of amides is 1. The number of hydrogen-bond acceptors (Lipinski definition) is 4. The Bertz CT molecular complexity index is 373. The van der Waals surface area contributed by atoms with E-state index in [1.54, 1.807) is 11.3 Å². The second-order valence-corrected chi connectivity index (χ2v) is 5.34. The minimum atomic E-state index is -0.266. The summed E-state index contributed by atoms with van der Waals surface area (Å²) in [6.45, 7) is 2.69. The Morgan fingerprint density at radius 1 is 1.75 bits per heavy atom. The van der Waals surface area contributed by atoms with Gasteiger partial charge in [-0.05, 0) is 19.8 Å². The second kappa shape index (κ2) is 4.93. The van der Waals surface area contributed by atoms with E-state index in [9.17, 15) is 4.79 Å². The van der Waals surface area contributed by atoms with Gasteiger partial charge in [0.1, 0.15) is 5.01 Å². The van der Waals surface area contributed by atoms with Crippen molar-refractivity contribution in [3.63, 3.8) is 0 Å². The monoisotopic (exact) mass is 239 g/mol. The van der Waals surface area contributed by atoms with Gasteiger partial charge < -0.3 is 11.1 Å². The van der Waals surface area contributed by atoms with Gasteiger partial charge in [0, 0.05) is 30.3 Å². The molecule has 1 unspecified atom stereocenters. The molecule has 3 N–H and O–H groups in total. The number of primary amides is 1. The third-order valence-corrected chi connectivity index (χ3v) is 3.54. The van der Waals surface area contributed by atoms with Gasteiger partial charge in [-0.1, -0.05) is 0 Å². The number of hydrogen-bond donors (Lipinski definition) is 2. The summed E-state index contributed by atoms with van der Waals surface area (Å²) in [4.78, 5) is 15.3.